The third-order valence-corrected chi connectivity index (χ3v) is 3.28. The number of fused-ring (bicyclic) bond motifs is 3. The van der Waals surface area contributed by atoms with Gasteiger partial charge in [0.1, 0.15) is 0 Å². The molecule has 0 atom stereocenters. The lowest BCUT2D eigenvalue weighted by Gasteiger charge is -2.32. The van der Waals surface area contributed by atoms with Crippen molar-refractivity contribution < 1.29 is 0 Å². The maximum atomic E-state index is 4.49. The molecule has 1 aliphatic carbocycles. The lowest BCUT2D eigenvalue weighted by Crippen LogP contribution is -2.26. The zero-order valence-corrected chi connectivity index (χ0v) is 9.57. The van der Waals surface area contributed by atoms with Gasteiger partial charge in [-0.3, -0.25) is 9.97 Å². The third-order valence-electron chi connectivity index (χ3n) is 3.28. The molecule has 0 amide bonds. The van der Waals surface area contributed by atoms with Gasteiger partial charge in [-0.05, 0) is 35.1 Å². The van der Waals surface area contributed by atoms with Crippen molar-refractivity contribution in [2.75, 3.05) is 0 Å². The largest absolute Gasteiger partial charge is 0.254 e. The predicted octanol–water partition coefficient (Wildman–Crippen LogP) is 2.98. The van der Waals surface area contributed by atoms with Gasteiger partial charge in [0, 0.05) is 12.4 Å². The fourth-order valence-electron chi connectivity index (χ4n) is 2.51. The minimum atomic E-state index is 0.152. The highest BCUT2D eigenvalue weighted by Crippen LogP contribution is 2.40. The maximum absolute atomic E-state index is 4.49. The van der Waals surface area contributed by atoms with Crippen molar-refractivity contribution in [3.63, 3.8) is 0 Å². The van der Waals surface area contributed by atoms with Crippen LogP contribution in [0.1, 0.15) is 25.0 Å². The van der Waals surface area contributed by atoms with Crippen LogP contribution < -0.4 is 0 Å². The minimum Gasteiger partial charge on any atom is -0.254 e. The second-order valence-electron chi connectivity index (χ2n) is 4.97. The molecule has 1 aliphatic rings. The van der Waals surface area contributed by atoms with E-state index in [9.17, 15) is 0 Å². The molecule has 0 radical (unpaired) electrons. The van der Waals surface area contributed by atoms with Crippen molar-refractivity contribution in [1.82, 2.24) is 9.97 Å². The van der Waals surface area contributed by atoms with Crippen molar-refractivity contribution in [3.8, 4) is 11.4 Å². The Kier molecular flexibility index (Phi) is 1.87. The molecule has 80 valence electrons. The Morgan fingerprint density at radius 1 is 1.00 bits per heavy atom. The Balaban J connectivity index is 2.33. The summed E-state index contributed by atoms with van der Waals surface area (Å²) in [6.07, 6.45) is 4.73. The molecular formula is C14H14N2. The van der Waals surface area contributed by atoms with Gasteiger partial charge in [-0.1, -0.05) is 26.0 Å². The first-order chi connectivity index (χ1) is 7.68. The Labute approximate surface area is 95.4 Å². The number of rotatable bonds is 0. The Morgan fingerprint density at radius 3 is 2.50 bits per heavy atom. The van der Waals surface area contributed by atoms with Gasteiger partial charge in [-0.25, -0.2) is 0 Å². The van der Waals surface area contributed by atoms with E-state index in [2.05, 4.69) is 35.9 Å². The van der Waals surface area contributed by atoms with Gasteiger partial charge in [-0.2, -0.15) is 0 Å². The van der Waals surface area contributed by atoms with Crippen LogP contribution >= 0.6 is 0 Å². The SMILES string of the molecule is CC1(C)Cc2cccnc2-c2ncccc21. The molecule has 2 heteroatoms. The first kappa shape index (κ1) is 9.52. The number of hydrogen-bond donors (Lipinski definition) is 0. The molecule has 2 heterocycles. The molecule has 2 aromatic rings. The van der Waals surface area contributed by atoms with Gasteiger partial charge >= 0.3 is 0 Å². The normalized spacial score (nSPS) is 16.4. The van der Waals surface area contributed by atoms with Gasteiger partial charge in [0.2, 0.25) is 0 Å². The fourth-order valence-corrected chi connectivity index (χ4v) is 2.51. The summed E-state index contributed by atoms with van der Waals surface area (Å²) in [5.41, 5.74) is 4.87. The highest BCUT2D eigenvalue weighted by Gasteiger charge is 2.31. The van der Waals surface area contributed by atoms with E-state index in [1.54, 1.807) is 0 Å². The molecule has 0 saturated carbocycles. The number of pyridine rings is 2. The quantitative estimate of drug-likeness (QED) is 0.668. The first-order valence-corrected chi connectivity index (χ1v) is 5.58. The zero-order valence-electron chi connectivity index (χ0n) is 9.57. The van der Waals surface area contributed by atoms with E-state index < -0.39 is 0 Å². The van der Waals surface area contributed by atoms with E-state index in [1.165, 1.54) is 11.1 Å². The van der Waals surface area contributed by atoms with E-state index in [-0.39, 0.29) is 5.41 Å². The van der Waals surface area contributed by atoms with Crippen LogP contribution in [0.4, 0.5) is 0 Å². The van der Waals surface area contributed by atoms with Gasteiger partial charge in [0.05, 0.1) is 11.4 Å². The molecule has 2 nitrogen and oxygen atoms in total. The minimum absolute atomic E-state index is 0.152. The van der Waals surface area contributed by atoms with Crippen molar-refractivity contribution in [3.05, 3.63) is 47.8 Å². The molecule has 0 aliphatic heterocycles. The Morgan fingerprint density at radius 2 is 1.69 bits per heavy atom. The van der Waals surface area contributed by atoms with Crippen molar-refractivity contribution >= 4 is 0 Å². The van der Waals surface area contributed by atoms with E-state index in [0.29, 0.717) is 0 Å². The van der Waals surface area contributed by atoms with E-state index in [0.717, 1.165) is 17.8 Å². The lowest BCUT2D eigenvalue weighted by molar-refractivity contribution is 0.513. The molecule has 0 bridgehead atoms. The van der Waals surface area contributed by atoms with Crippen LogP contribution in [0, 0.1) is 0 Å². The molecule has 0 N–H and O–H groups in total. The smallest absolute Gasteiger partial charge is 0.0926 e. The molecule has 0 unspecified atom stereocenters. The lowest BCUT2D eigenvalue weighted by atomic mass is 9.73. The Hall–Kier alpha value is -1.70. The molecule has 0 saturated heterocycles. The second-order valence-corrected chi connectivity index (χ2v) is 4.97. The maximum Gasteiger partial charge on any atom is 0.0926 e. The van der Waals surface area contributed by atoms with Crippen LogP contribution in [0.25, 0.3) is 11.4 Å². The standard InChI is InChI=1S/C14H14N2/c1-14(2)9-10-5-3-7-15-12(10)13-11(14)6-4-8-16-13/h3-8H,9H2,1-2H3. The fraction of sp³-hybridized carbons (Fsp3) is 0.286. The number of nitrogens with zero attached hydrogens (tertiary/aromatic N) is 2. The van der Waals surface area contributed by atoms with E-state index in [4.69, 9.17) is 0 Å². The zero-order chi connectivity index (χ0) is 11.2. The van der Waals surface area contributed by atoms with Gasteiger partial charge in [0.25, 0.3) is 0 Å². The number of aromatic nitrogens is 2. The van der Waals surface area contributed by atoms with Gasteiger partial charge < -0.3 is 0 Å². The van der Waals surface area contributed by atoms with Crippen LogP contribution in [-0.4, -0.2) is 9.97 Å². The van der Waals surface area contributed by atoms with Crippen molar-refractivity contribution in [2.24, 2.45) is 0 Å². The summed E-state index contributed by atoms with van der Waals surface area (Å²) in [5.74, 6) is 0. The molecule has 2 aromatic heterocycles. The third kappa shape index (κ3) is 1.26. The molecular weight excluding hydrogens is 196 g/mol. The van der Waals surface area contributed by atoms with Crippen LogP contribution in [0.3, 0.4) is 0 Å². The van der Waals surface area contributed by atoms with Gasteiger partial charge in [-0.15, -0.1) is 0 Å². The summed E-state index contributed by atoms with van der Waals surface area (Å²) in [5, 5.41) is 0. The van der Waals surface area contributed by atoms with Gasteiger partial charge in [0.15, 0.2) is 0 Å². The average molecular weight is 210 g/mol. The Bertz CT molecular complexity index is 544. The first-order valence-electron chi connectivity index (χ1n) is 5.58. The number of hydrogen-bond acceptors (Lipinski definition) is 2. The van der Waals surface area contributed by atoms with Crippen LogP contribution in [0.2, 0.25) is 0 Å². The summed E-state index contributed by atoms with van der Waals surface area (Å²) in [4.78, 5) is 8.96. The van der Waals surface area contributed by atoms with Crippen molar-refractivity contribution in [2.45, 2.75) is 25.7 Å². The summed E-state index contributed by atoms with van der Waals surface area (Å²) < 4.78 is 0. The van der Waals surface area contributed by atoms with Crippen LogP contribution in [0.5, 0.6) is 0 Å². The molecule has 0 aromatic carbocycles. The molecule has 0 spiro atoms. The molecule has 0 fully saturated rings. The summed E-state index contributed by atoms with van der Waals surface area (Å²) in [7, 11) is 0. The van der Waals surface area contributed by atoms with Crippen molar-refractivity contribution in [1.29, 1.82) is 0 Å². The topological polar surface area (TPSA) is 25.8 Å². The monoisotopic (exact) mass is 210 g/mol. The van der Waals surface area contributed by atoms with Crippen LogP contribution in [-0.2, 0) is 11.8 Å². The van der Waals surface area contributed by atoms with E-state index in [1.807, 2.05) is 24.5 Å². The highest BCUT2D eigenvalue weighted by atomic mass is 14.8. The molecule has 16 heavy (non-hydrogen) atoms. The average Bonchev–Trinajstić information content (AvgIpc) is 2.29. The molecule has 3 rings (SSSR count). The highest BCUT2D eigenvalue weighted by molar-refractivity contribution is 5.67. The van der Waals surface area contributed by atoms with Crippen LogP contribution in [0.15, 0.2) is 36.7 Å². The second kappa shape index (κ2) is 3.14. The summed E-state index contributed by atoms with van der Waals surface area (Å²) in [6, 6.07) is 8.33. The predicted molar refractivity (Wildman–Crippen MR) is 64.2 cm³/mol. The van der Waals surface area contributed by atoms with E-state index >= 15 is 0 Å². The summed E-state index contributed by atoms with van der Waals surface area (Å²) in [6.45, 7) is 4.53. The summed E-state index contributed by atoms with van der Waals surface area (Å²) >= 11 is 0.